The Morgan fingerprint density at radius 3 is 2.22 bits per heavy atom. The lowest BCUT2D eigenvalue weighted by Crippen LogP contribution is -2.60. The number of nitrogens with zero attached hydrogens (tertiary/aromatic N) is 4. The molecule has 1 aromatic carbocycles. The first-order valence-corrected chi connectivity index (χ1v) is 12.1. The summed E-state index contributed by atoms with van der Waals surface area (Å²) < 4.78 is 0. The topological polar surface area (TPSA) is 74.0 Å². The number of rotatable bonds is 6. The number of aliphatic hydroxyl groups is 2. The molecule has 1 aromatic rings. The molecule has 2 N–H and O–H groups in total. The number of aliphatic hydroxyl groups excluding tert-OH is 1. The van der Waals surface area contributed by atoms with Crippen molar-refractivity contribution in [2.75, 3.05) is 33.7 Å². The van der Waals surface area contributed by atoms with Gasteiger partial charge in [-0.15, -0.1) is 0 Å². The van der Waals surface area contributed by atoms with Crippen LogP contribution in [0.2, 0.25) is 0 Å². The van der Waals surface area contributed by atoms with Crippen LogP contribution in [0.1, 0.15) is 64.4 Å². The molecule has 1 atom stereocenters. The Labute approximate surface area is 193 Å². The van der Waals surface area contributed by atoms with E-state index in [-0.39, 0.29) is 11.1 Å². The van der Waals surface area contributed by atoms with Gasteiger partial charge in [0, 0.05) is 30.7 Å². The normalized spacial score (nSPS) is 33.4. The average molecular weight is 441 g/mol. The highest BCUT2D eigenvalue weighted by Gasteiger charge is 2.57. The molecule has 1 saturated heterocycles. The molecule has 6 heteroatoms. The maximum absolute atomic E-state index is 11.4. The van der Waals surface area contributed by atoms with Crippen LogP contribution in [-0.4, -0.2) is 76.1 Å². The van der Waals surface area contributed by atoms with E-state index < -0.39 is 17.4 Å². The quantitative estimate of drug-likeness (QED) is 0.708. The molecule has 2 aliphatic carbocycles. The van der Waals surface area contributed by atoms with Crippen LogP contribution in [0.5, 0.6) is 0 Å². The van der Waals surface area contributed by atoms with Crippen LogP contribution in [0.15, 0.2) is 30.3 Å². The number of hydrogen-bond acceptors (Lipinski definition) is 6. The van der Waals surface area contributed by atoms with Gasteiger partial charge in [0.2, 0.25) is 0 Å². The van der Waals surface area contributed by atoms with Crippen molar-refractivity contribution in [3.05, 3.63) is 35.9 Å². The second-order valence-electron chi connectivity index (χ2n) is 11.5. The third kappa shape index (κ3) is 4.10. The molecule has 6 nitrogen and oxygen atoms in total. The second kappa shape index (κ2) is 8.38. The fraction of sp³-hybridized carbons (Fsp3) is 0.731. The molecule has 1 unspecified atom stereocenters. The Kier molecular flexibility index (Phi) is 6.19. The Balaban J connectivity index is 1.61. The molecule has 1 heterocycles. The molecule has 2 saturated carbocycles. The highest BCUT2D eigenvalue weighted by Crippen LogP contribution is 2.50. The summed E-state index contributed by atoms with van der Waals surface area (Å²) in [7, 11) is 4.34. The Morgan fingerprint density at radius 1 is 1.09 bits per heavy atom. The van der Waals surface area contributed by atoms with Gasteiger partial charge in [-0.2, -0.15) is 5.26 Å². The zero-order valence-electron chi connectivity index (χ0n) is 20.2. The number of hydrogen-bond donors (Lipinski definition) is 2. The number of β-amino-alcohol motifs (C(OH)–C–C–N with tert-alkyl or cyclic N) is 1. The molecule has 3 fully saturated rings. The maximum atomic E-state index is 11.4. The highest BCUT2D eigenvalue weighted by molar-refractivity contribution is 5.27. The van der Waals surface area contributed by atoms with Crippen LogP contribution in [0.3, 0.4) is 0 Å². The third-order valence-corrected chi connectivity index (χ3v) is 8.54. The van der Waals surface area contributed by atoms with Gasteiger partial charge < -0.3 is 10.2 Å². The van der Waals surface area contributed by atoms with E-state index >= 15 is 0 Å². The van der Waals surface area contributed by atoms with E-state index in [0.29, 0.717) is 13.1 Å². The maximum Gasteiger partial charge on any atom is 0.166 e. The minimum absolute atomic E-state index is 0.0180. The summed E-state index contributed by atoms with van der Waals surface area (Å²) >= 11 is 0. The average Bonchev–Trinajstić information content (AvgIpc) is 2.98. The van der Waals surface area contributed by atoms with Crippen LogP contribution in [-0.2, 0) is 5.54 Å². The summed E-state index contributed by atoms with van der Waals surface area (Å²) in [6.45, 7) is 5.65. The number of nitriles is 1. The molecule has 176 valence electrons. The molecule has 0 radical (unpaired) electrons. The van der Waals surface area contributed by atoms with Gasteiger partial charge in [0.1, 0.15) is 0 Å². The largest absolute Gasteiger partial charge is 0.389 e. The van der Waals surface area contributed by atoms with Crippen molar-refractivity contribution in [2.45, 2.75) is 81.8 Å². The standard InChI is InChI=1S/C26H40N4O2/c1-23(2,17-27)18-29-19-24(30(22(29)31)20-25(32)11-8-12-25)13-15-26(16-14-24,28(3)4)21-9-6-5-7-10-21/h5-7,9-10,22,31-32H,8,11-16,18-20H2,1-4H3. The smallest absolute Gasteiger partial charge is 0.166 e. The lowest BCUT2D eigenvalue weighted by atomic mass is 9.67. The van der Waals surface area contributed by atoms with Gasteiger partial charge in [0.05, 0.1) is 17.1 Å². The van der Waals surface area contributed by atoms with Crippen molar-refractivity contribution < 1.29 is 10.2 Å². The van der Waals surface area contributed by atoms with E-state index in [1.165, 1.54) is 5.56 Å². The van der Waals surface area contributed by atoms with Gasteiger partial charge >= 0.3 is 0 Å². The molecule has 1 aliphatic heterocycles. The van der Waals surface area contributed by atoms with Crippen LogP contribution >= 0.6 is 0 Å². The molecule has 32 heavy (non-hydrogen) atoms. The van der Waals surface area contributed by atoms with Gasteiger partial charge in [-0.1, -0.05) is 30.3 Å². The number of benzene rings is 1. The summed E-state index contributed by atoms with van der Waals surface area (Å²) in [6, 6.07) is 13.2. The van der Waals surface area contributed by atoms with Crippen molar-refractivity contribution in [1.29, 1.82) is 5.26 Å². The van der Waals surface area contributed by atoms with Crippen LogP contribution in [0.4, 0.5) is 0 Å². The fourth-order valence-electron chi connectivity index (χ4n) is 6.30. The summed E-state index contributed by atoms with van der Waals surface area (Å²) in [4.78, 5) is 6.61. The van der Waals surface area contributed by atoms with Crippen molar-refractivity contribution in [1.82, 2.24) is 14.7 Å². The second-order valence-corrected chi connectivity index (χ2v) is 11.5. The SMILES string of the molecule is CN(C)C1(c2ccccc2)CCC2(CC1)CN(CC(C)(C)C#N)C(O)N2CC1(O)CCC1. The Morgan fingerprint density at radius 2 is 1.72 bits per heavy atom. The fourth-order valence-corrected chi connectivity index (χ4v) is 6.30. The zero-order valence-corrected chi connectivity index (χ0v) is 20.2. The molecular weight excluding hydrogens is 400 g/mol. The van der Waals surface area contributed by atoms with Crippen molar-refractivity contribution in [3.63, 3.8) is 0 Å². The molecule has 0 bridgehead atoms. The zero-order chi connectivity index (χ0) is 23.2. The molecule has 3 aliphatic rings. The van der Waals surface area contributed by atoms with Crippen LogP contribution < -0.4 is 0 Å². The first-order valence-electron chi connectivity index (χ1n) is 12.1. The van der Waals surface area contributed by atoms with Crippen molar-refractivity contribution >= 4 is 0 Å². The van der Waals surface area contributed by atoms with E-state index in [0.717, 1.165) is 51.5 Å². The highest BCUT2D eigenvalue weighted by atomic mass is 16.3. The molecular formula is C26H40N4O2. The minimum Gasteiger partial charge on any atom is -0.389 e. The van der Waals surface area contributed by atoms with Crippen LogP contribution in [0.25, 0.3) is 0 Å². The lowest BCUT2D eigenvalue weighted by Gasteiger charge is -2.53. The van der Waals surface area contributed by atoms with Crippen molar-refractivity contribution in [3.8, 4) is 6.07 Å². The predicted octanol–water partition coefficient (Wildman–Crippen LogP) is 3.11. The molecule has 1 spiro atoms. The van der Waals surface area contributed by atoms with E-state index in [1.54, 1.807) is 0 Å². The first-order chi connectivity index (χ1) is 15.0. The lowest BCUT2D eigenvalue weighted by molar-refractivity contribution is -0.145. The Bertz CT molecular complexity index is 835. The van der Waals surface area contributed by atoms with Gasteiger partial charge in [-0.05, 0) is 78.5 Å². The minimum atomic E-state index is -0.754. The molecule has 4 rings (SSSR count). The molecule has 0 amide bonds. The van der Waals surface area contributed by atoms with Gasteiger partial charge in [-0.25, -0.2) is 0 Å². The van der Waals surface area contributed by atoms with E-state index in [1.807, 2.05) is 13.8 Å². The van der Waals surface area contributed by atoms with Crippen LogP contribution in [0, 0.1) is 16.7 Å². The molecule has 0 aromatic heterocycles. The van der Waals surface area contributed by atoms with Gasteiger partial charge in [0.25, 0.3) is 0 Å². The first kappa shape index (κ1) is 23.7. The Hall–Kier alpha value is -1.49. The van der Waals surface area contributed by atoms with E-state index in [2.05, 4.69) is 65.2 Å². The summed E-state index contributed by atoms with van der Waals surface area (Å²) in [6.07, 6.45) is 5.82. The van der Waals surface area contributed by atoms with E-state index in [4.69, 9.17) is 0 Å². The monoisotopic (exact) mass is 440 g/mol. The predicted molar refractivity (Wildman–Crippen MR) is 125 cm³/mol. The van der Waals surface area contributed by atoms with Gasteiger partial charge in [0.15, 0.2) is 6.35 Å². The van der Waals surface area contributed by atoms with Crippen molar-refractivity contribution in [2.24, 2.45) is 5.41 Å². The summed E-state index contributed by atoms with van der Waals surface area (Å²) in [5.41, 5.74) is -0.0625. The summed E-state index contributed by atoms with van der Waals surface area (Å²) in [5.74, 6) is 0. The van der Waals surface area contributed by atoms with E-state index in [9.17, 15) is 15.5 Å². The summed E-state index contributed by atoms with van der Waals surface area (Å²) in [5, 5.41) is 32.0. The third-order valence-electron chi connectivity index (χ3n) is 8.54. The van der Waals surface area contributed by atoms with Gasteiger partial charge in [-0.3, -0.25) is 14.7 Å².